The van der Waals surface area contributed by atoms with Crippen molar-refractivity contribution in [3.05, 3.63) is 65.2 Å². The van der Waals surface area contributed by atoms with Crippen molar-refractivity contribution in [2.75, 3.05) is 0 Å². The monoisotopic (exact) mass is 444 g/mol. The normalized spacial score (nSPS) is 19.6. The molecule has 0 N–H and O–H groups in total. The summed E-state index contributed by atoms with van der Waals surface area (Å²) in [6.07, 6.45) is 9.13. The van der Waals surface area contributed by atoms with Gasteiger partial charge in [0.1, 0.15) is 5.75 Å². The smallest absolute Gasteiger partial charge is 0.406 e. The molecule has 0 unspecified atom stereocenters. The first kappa shape index (κ1) is 24.0. The summed E-state index contributed by atoms with van der Waals surface area (Å²) in [5.41, 5.74) is 3.00. The van der Waals surface area contributed by atoms with Gasteiger partial charge in [-0.1, -0.05) is 56.9 Å². The molecule has 1 aliphatic carbocycles. The van der Waals surface area contributed by atoms with Gasteiger partial charge in [0.2, 0.25) is 0 Å². The van der Waals surface area contributed by atoms with Crippen LogP contribution in [0.1, 0.15) is 80.9 Å². The highest BCUT2D eigenvalue weighted by Gasteiger charge is 2.30. The van der Waals surface area contributed by atoms with E-state index >= 15 is 0 Å². The van der Waals surface area contributed by atoms with E-state index < -0.39 is 6.36 Å². The number of unbranched alkanes of at least 4 members (excludes halogenated alkanes) is 2. The summed E-state index contributed by atoms with van der Waals surface area (Å²) in [7, 11) is 0. The quantitative estimate of drug-likeness (QED) is 0.220. The van der Waals surface area contributed by atoms with Crippen LogP contribution in [0.15, 0.2) is 58.7 Å². The fourth-order valence-electron chi connectivity index (χ4n) is 4.28. The molecule has 0 aliphatic heterocycles. The van der Waals surface area contributed by atoms with E-state index in [0.29, 0.717) is 11.5 Å². The fraction of sp³-hybridized carbons (Fsp3) is 0.462. The Labute approximate surface area is 188 Å². The molecule has 1 aliphatic rings. The number of halogens is 3. The van der Waals surface area contributed by atoms with E-state index in [-0.39, 0.29) is 5.75 Å². The Morgan fingerprint density at radius 3 is 1.94 bits per heavy atom. The Bertz CT molecular complexity index is 865. The van der Waals surface area contributed by atoms with Crippen LogP contribution in [0.25, 0.3) is 0 Å². The minimum Gasteiger partial charge on any atom is -0.406 e. The summed E-state index contributed by atoms with van der Waals surface area (Å²) in [4.78, 5) is 0. The van der Waals surface area contributed by atoms with E-state index in [9.17, 15) is 13.2 Å². The zero-order valence-electron chi connectivity index (χ0n) is 18.5. The number of benzene rings is 2. The summed E-state index contributed by atoms with van der Waals surface area (Å²) >= 11 is 0. The Balaban J connectivity index is 1.45. The predicted octanol–water partition coefficient (Wildman–Crippen LogP) is 7.89. The van der Waals surface area contributed by atoms with E-state index in [0.717, 1.165) is 11.5 Å². The predicted molar refractivity (Wildman–Crippen MR) is 124 cm³/mol. The van der Waals surface area contributed by atoms with Crippen LogP contribution in [0.4, 0.5) is 13.2 Å². The van der Waals surface area contributed by atoms with Crippen molar-refractivity contribution < 1.29 is 17.9 Å². The van der Waals surface area contributed by atoms with Crippen molar-refractivity contribution >= 4 is 12.4 Å². The largest absolute Gasteiger partial charge is 0.573 e. The van der Waals surface area contributed by atoms with E-state index in [1.807, 2.05) is 0 Å². The van der Waals surface area contributed by atoms with Gasteiger partial charge in [-0.05, 0) is 78.5 Å². The van der Waals surface area contributed by atoms with Crippen LogP contribution in [-0.4, -0.2) is 18.8 Å². The average molecular weight is 445 g/mol. The maximum Gasteiger partial charge on any atom is 0.573 e. The molecule has 3 nitrogen and oxygen atoms in total. The van der Waals surface area contributed by atoms with Gasteiger partial charge in [-0.2, -0.15) is 10.2 Å². The van der Waals surface area contributed by atoms with Crippen molar-refractivity contribution in [3.8, 4) is 5.75 Å². The lowest BCUT2D eigenvalue weighted by Crippen LogP contribution is -2.16. The summed E-state index contributed by atoms with van der Waals surface area (Å²) in [6.45, 7) is 2.26. The van der Waals surface area contributed by atoms with Gasteiger partial charge < -0.3 is 4.74 Å². The van der Waals surface area contributed by atoms with E-state index in [4.69, 9.17) is 0 Å². The Kier molecular flexibility index (Phi) is 8.89. The van der Waals surface area contributed by atoms with Crippen molar-refractivity contribution in [1.29, 1.82) is 0 Å². The third-order valence-corrected chi connectivity index (χ3v) is 6.06. The first-order chi connectivity index (χ1) is 15.4. The fourth-order valence-corrected chi connectivity index (χ4v) is 4.28. The lowest BCUT2D eigenvalue weighted by Gasteiger charge is -2.29. The number of hydrogen-bond acceptors (Lipinski definition) is 3. The van der Waals surface area contributed by atoms with Gasteiger partial charge in [-0.3, -0.25) is 0 Å². The topological polar surface area (TPSA) is 34.0 Å². The summed E-state index contributed by atoms with van der Waals surface area (Å²) < 4.78 is 40.4. The third kappa shape index (κ3) is 8.13. The molecule has 1 saturated carbocycles. The Morgan fingerprint density at radius 1 is 0.844 bits per heavy atom. The van der Waals surface area contributed by atoms with Crippen LogP contribution in [0.3, 0.4) is 0 Å². The molecule has 0 amide bonds. The Hall–Kier alpha value is -2.63. The van der Waals surface area contributed by atoms with Crippen LogP contribution >= 0.6 is 0 Å². The molecule has 0 saturated heterocycles. The van der Waals surface area contributed by atoms with Crippen LogP contribution in [-0.2, 0) is 0 Å². The molecule has 0 spiro atoms. The van der Waals surface area contributed by atoms with Gasteiger partial charge in [0.05, 0.1) is 12.4 Å². The van der Waals surface area contributed by atoms with Crippen molar-refractivity contribution in [2.45, 2.75) is 70.6 Å². The SMILES string of the molecule is CCCCCC1CCC(c2ccc(/C=N/N=C/c3ccc(OC(F)(F)F)cc3)cc2)CC1. The second kappa shape index (κ2) is 11.8. The number of ether oxygens (including phenoxy) is 1. The molecule has 2 aromatic carbocycles. The molecule has 6 heteroatoms. The lowest BCUT2D eigenvalue weighted by atomic mass is 9.77. The molecule has 0 heterocycles. The highest BCUT2D eigenvalue weighted by atomic mass is 19.4. The maximum absolute atomic E-state index is 12.2. The molecule has 0 radical (unpaired) electrons. The molecule has 0 atom stereocenters. The minimum atomic E-state index is -4.69. The standard InChI is InChI=1S/C26H31F3N2O/c1-2-3-4-5-20-6-12-23(13-7-20)24-14-8-21(9-15-24)18-30-31-19-22-10-16-25(17-11-22)32-26(27,28)29/h8-11,14-20,23H,2-7,12-13H2,1H3/b30-18+,31-19+. The second-order valence-electron chi connectivity index (χ2n) is 8.49. The molecule has 32 heavy (non-hydrogen) atoms. The van der Waals surface area contributed by atoms with Crippen LogP contribution in [0.5, 0.6) is 5.75 Å². The molecular weight excluding hydrogens is 413 g/mol. The lowest BCUT2D eigenvalue weighted by molar-refractivity contribution is -0.274. The molecule has 2 aromatic rings. The van der Waals surface area contributed by atoms with E-state index in [1.54, 1.807) is 6.21 Å². The first-order valence-electron chi connectivity index (χ1n) is 11.4. The van der Waals surface area contributed by atoms with E-state index in [2.05, 4.69) is 46.1 Å². The summed E-state index contributed by atoms with van der Waals surface area (Å²) in [6, 6.07) is 14.0. The zero-order chi connectivity index (χ0) is 22.8. The van der Waals surface area contributed by atoms with Gasteiger partial charge in [0, 0.05) is 0 Å². The second-order valence-corrected chi connectivity index (χ2v) is 8.49. The number of nitrogens with zero attached hydrogens (tertiary/aromatic N) is 2. The van der Waals surface area contributed by atoms with Gasteiger partial charge in [-0.25, -0.2) is 0 Å². The molecule has 0 bridgehead atoms. The zero-order valence-corrected chi connectivity index (χ0v) is 18.5. The van der Waals surface area contributed by atoms with E-state index in [1.165, 1.54) is 87.4 Å². The Morgan fingerprint density at radius 2 is 1.41 bits per heavy atom. The number of alkyl halides is 3. The van der Waals surface area contributed by atoms with Crippen molar-refractivity contribution in [1.82, 2.24) is 0 Å². The van der Waals surface area contributed by atoms with Crippen LogP contribution < -0.4 is 4.74 Å². The first-order valence-corrected chi connectivity index (χ1v) is 11.4. The van der Waals surface area contributed by atoms with Crippen LogP contribution in [0, 0.1) is 5.92 Å². The minimum absolute atomic E-state index is 0.261. The van der Waals surface area contributed by atoms with Crippen LogP contribution in [0.2, 0.25) is 0 Å². The third-order valence-electron chi connectivity index (χ3n) is 6.06. The maximum atomic E-state index is 12.2. The number of hydrogen-bond donors (Lipinski definition) is 0. The molecule has 0 aromatic heterocycles. The average Bonchev–Trinajstić information content (AvgIpc) is 2.78. The molecular formula is C26H31F3N2O. The highest BCUT2D eigenvalue weighted by molar-refractivity contribution is 5.82. The highest BCUT2D eigenvalue weighted by Crippen LogP contribution is 2.37. The number of rotatable bonds is 9. The van der Waals surface area contributed by atoms with Gasteiger partial charge in [0.25, 0.3) is 0 Å². The molecule has 172 valence electrons. The summed E-state index contributed by atoms with van der Waals surface area (Å²) in [5.74, 6) is 1.31. The van der Waals surface area contributed by atoms with Gasteiger partial charge in [0.15, 0.2) is 0 Å². The van der Waals surface area contributed by atoms with Crippen molar-refractivity contribution in [2.24, 2.45) is 16.1 Å². The molecule has 3 rings (SSSR count). The summed E-state index contributed by atoms with van der Waals surface area (Å²) in [5, 5.41) is 8.01. The van der Waals surface area contributed by atoms with Gasteiger partial charge in [-0.15, -0.1) is 13.2 Å². The molecule has 1 fully saturated rings. The van der Waals surface area contributed by atoms with Crippen molar-refractivity contribution in [3.63, 3.8) is 0 Å². The van der Waals surface area contributed by atoms with Gasteiger partial charge >= 0.3 is 6.36 Å².